The van der Waals surface area contributed by atoms with Crippen molar-refractivity contribution in [1.82, 2.24) is 14.9 Å². The molecule has 1 aromatic heterocycles. The van der Waals surface area contributed by atoms with Gasteiger partial charge in [0.15, 0.2) is 0 Å². The van der Waals surface area contributed by atoms with Gasteiger partial charge in [-0.05, 0) is 37.3 Å². The van der Waals surface area contributed by atoms with Crippen LogP contribution < -0.4 is 20.5 Å². The number of nitrogens with one attached hydrogen (secondary N) is 1. The van der Waals surface area contributed by atoms with Crippen LogP contribution in [-0.4, -0.2) is 70.8 Å². The largest absolute Gasteiger partial charge is 0.465 e. The molecule has 4 rings (SSSR count). The smallest absolute Gasteiger partial charge is 0.373 e. The third-order valence-electron chi connectivity index (χ3n) is 5.67. The maximum atomic E-state index is 12.1. The number of aromatic nitrogens is 2. The zero-order chi connectivity index (χ0) is 29.5. The molecule has 0 spiro atoms. The van der Waals surface area contributed by atoms with E-state index in [4.69, 9.17) is 19.9 Å². The van der Waals surface area contributed by atoms with Gasteiger partial charge in [-0.2, -0.15) is 15.2 Å². The number of benzene rings is 2. The summed E-state index contributed by atoms with van der Waals surface area (Å²) >= 11 is 0. The van der Waals surface area contributed by atoms with Gasteiger partial charge in [-0.3, -0.25) is 24.7 Å². The van der Waals surface area contributed by atoms with Crippen molar-refractivity contribution >= 4 is 29.2 Å². The molecule has 0 saturated carbocycles. The number of anilines is 1. The Morgan fingerprint density at radius 2 is 1.98 bits per heavy atom. The van der Waals surface area contributed by atoms with E-state index in [1.165, 1.54) is 12.1 Å². The van der Waals surface area contributed by atoms with E-state index in [-0.39, 0.29) is 35.3 Å². The fourth-order valence-electron chi connectivity index (χ4n) is 3.84. The maximum absolute atomic E-state index is 12.1. The number of rotatable bonds is 11. The number of hydrogen-bond donors (Lipinski definition) is 2. The number of amides is 1. The monoisotopic (exact) mass is 560 g/mol. The van der Waals surface area contributed by atoms with Crippen molar-refractivity contribution in [2.75, 3.05) is 38.6 Å². The van der Waals surface area contributed by atoms with E-state index in [1.807, 2.05) is 24.1 Å². The van der Waals surface area contributed by atoms with Crippen LogP contribution in [0.15, 0.2) is 47.5 Å². The number of hydrogen-bond acceptors (Lipinski definition) is 13. The molecule has 0 bridgehead atoms. The molecule has 3 N–H and O–H groups in total. The Kier molecular flexibility index (Phi) is 8.53. The standard InChI is InChI=1S/C26H24N8O7/c1-3-39-20(35)14-30-23-21(34(37)38)25(40-18-8-7-16(13-27)19(12-18)22(28)36)32-26(31-23)41-17-6-4-5-15(11-17)24-29-9-10-33(24)2/h4-8,11-12H,3,9-10,14H2,1-2H3,(H2,28,36)(H,30,31,32). The van der Waals surface area contributed by atoms with Crippen molar-refractivity contribution in [3.63, 3.8) is 0 Å². The summed E-state index contributed by atoms with van der Waals surface area (Å²) in [6, 6.07) is 12.2. The highest BCUT2D eigenvalue weighted by Crippen LogP contribution is 2.38. The highest BCUT2D eigenvalue weighted by molar-refractivity contribution is 6.00. The highest BCUT2D eigenvalue weighted by Gasteiger charge is 2.29. The summed E-state index contributed by atoms with van der Waals surface area (Å²) in [5.41, 5.74) is 5.24. The van der Waals surface area contributed by atoms with Crippen molar-refractivity contribution in [2.45, 2.75) is 6.92 Å². The van der Waals surface area contributed by atoms with Crippen molar-refractivity contribution in [1.29, 1.82) is 5.26 Å². The Balaban J connectivity index is 1.75. The summed E-state index contributed by atoms with van der Waals surface area (Å²) in [6.07, 6.45) is 0. The van der Waals surface area contributed by atoms with Crippen LogP contribution >= 0.6 is 0 Å². The summed E-state index contributed by atoms with van der Waals surface area (Å²) in [6.45, 7) is 2.70. The Morgan fingerprint density at radius 3 is 2.63 bits per heavy atom. The van der Waals surface area contributed by atoms with Gasteiger partial charge >= 0.3 is 23.5 Å². The number of aliphatic imine (C=N–C) groups is 1. The van der Waals surface area contributed by atoms with Gasteiger partial charge in [0.25, 0.3) is 0 Å². The lowest BCUT2D eigenvalue weighted by atomic mass is 10.1. The molecule has 0 aliphatic carbocycles. The lowest BCUT2D eigenvalue weighted by molar-refractivity contribution is -0.385. The normalized spacial score (nSPS) is 12.2. The van der Waals surface area contributed by atoms with E-state index >= 15 is 0 Å². The fraction of sp³-hybridized carbons (Fsp3) is 0.231. The second kappa shape index (κ2) is 12.4. The van der Waals surface area contributed by atoms with Gasteiger partial charge in [0.1, 0.15) is 23.9 Å². The van der Waals surface area contributed by atoms with Crippen LogP contribution in [0.25, 0.3) is 0 Å². The van der Waals surface area contributed by atoms with E-state index < -0.39 is 34.9 Å². The minimum absolute atomic E-state index is 0.0137. The molecular weight excluding hydrogens is 536 g/mol. The summed E-state index contributed by atoms with van der Waals surface area (Å²) in [4.78, 5) is 49.7. The number of carbonyl (C=O) groups excluding carboxylic acids is 2. The number of ether oxygens (including phenoxy) is 3. The first kappa shape index (κ1) is 28.2. The van der Waals surface area contributed by atoms with Crippen molar-refractivity contribution < 1.29 is 28.7 Å². The number of nitrogens with two attached hydrogens (primary N) is 1. The SMILES string of the molecule is CCOC(=O)CNc1nc(Oc2cccc(C3=NCCN3C)c2)nc(Oc2ccc(C#N)c(C(N)=O)c2)c1[N+](=O)[O-]. The number of primary amides is 1. The van der Waals surface area contributed by atoms with Crippen molar-refractivity contribution in [2.24, 2.45) is 10.7 Å². The highest BCUT2D eigenvalue weighted by atomic mass is 16.6. The van der Waals surface area contributed by atoms with E-state index in [1.54, 1.807) is 25.1 Å². The molecule has 3 aromatic rings. The van der Waals surface area contributed by atoms with Crippen LogP contribution in [0, 0.1) is 21.4 Å². The summed E-state index contributed by atoms with van der Waals surface area (Å²) < 4.78 is 16.4. The molecule has 15 nitrogen and oxygen atoms in total. The number of nitrogens with zero attached hydrogens (tertiary/aromatic N) is 6. The van der Waals surface area contributed by atoms with Gasteiger partial charge in [-0.25, -0.2) is 0 Å². The molecule has 210 valence electrons. The predicted molar refractivity (Wildman–Crippen MR) is 144 cm³/mol. The molecule has 15 heteroatoms. The fourth-order valence-corrected chi connectivity index (χ4v) is 3.84. The first-order valence-electron chi connectivity index (χ1n) is 12.2. The number of likely N-dealkylation sites (N-methyl/N-ethyl adjacent to an activating group) is 1. The summed E-state index contributed by atoms with van der Waals surface area (Å²) in [5.74, 6) is -1.54. The number of nitro groups is 1. The summed E-state index contributed by atoms with van der Waals surface area (Å²) in [5, 5.41) is 23.9. The van der Waals surface area contributed by atoms with Crippen molar-refractivity contribution in [3.8, 4) is 29.5 Å². The first-order valence-corrected chi connectivity index (χ1v) is 12.2. The number of nitriles is 1. The Morgan fingerprint density at radius 1 is 1.20 bits per heavy atom. The van der Waals surface area contributed by atoms with Crippen LogP contribution in [0.4, 0.5) is 11.5 Å². The van der Waals surface area contributed by atoms with Crippen molar-refractivity contribution in [3.05, 3.63) is 69.3 Å². The number of esters is 1. The Hall–Kier alpha value is -5.78. The van der Waals surface area contributed by atoms with Crippen LogP contribution in [0.5, 0.6) is 23.4 Å². The average molecular weight is 561 g/mol. The maximum Gasteiger partial charge on any atom is 0.373 e. The van der Waals surface area contributed by atoms with Crippen LogP contribution in [0.1, 0.15) is 28.4 Å². The van der Waals surface area contributed by atoms with Crippen LogP contribution in [0.3, 0.4) is 0 Å². The molecule has 2 heterocycles. The van der Waals surface area contributed by atoms with Crippen LogP contribution in [0.2, 0.25) is 0 Å². The van der Waals surface area contributed by atoms with E-state index in [2.05, 4.69) is 20.3 Å². The molecule has 0 radical (unpaired) electrons. The molecule has 1 amide bonds. The molecule has 41 heavy (non-hydrogen) atoms. The van der Waals surface area contributed by atoms with E-state index in [9.17, 15) is 25.0 Å². The molecule has 0 fully saturated rings. The second-order valence-electron chi connectivity index (χ2n) is 8.47. The molecule has 0 atom stereocenters. The predicted octanol–water partition coefficient (Wildman–Crippen LogP) is 2.61. The lowest BCUT2D eigenvalue weighted by Gasteiger charge is -2.15. The first-order chi connectivity index (χ1) is 19.7. The van der Waals surface area contributed by atoms with Gasteiger partial charge in [-0.15, -0.1) is 0 Å². The van der Waals surface area contributed by atoms with Gasteiger partial charge in [0.2, 0.25) is 11.7 Å². The average Bonchev–Trinajstić information content (AvgIpc) is 3.37. The zero-order valence-corrected chi connectivity index (χ0v) is 22.0. The van der Waals surface area contributed by atoms with Crippen LogP contribution in [-0.2, 0) is 9.53 Å². The number of carbonyl (C=O) groups is 2. The molecule has 0 unspecified atom stereocenters. The number of amidine groups is 1. The third-order valence-corrected chi connectivity index (χ3v) is 5.67. The second-order valence-corrected chi connectivity index (χ2v) is 8.47. The minimum Gasteiger partial charge on any atom is -0.465 e. The van der Waals surface area contributed by atoms with E-state index in [0.717, 1.165) is 24.0 Å². The minimum atomic E-state index is -0.901. The van der Waals surface area contributed by atoms with Gasteiger partial charge in [0.05, 0.1) is 35.3 Å². The Labute approximate surface area is 233 Å². The molecule has 1 aliphatic rings. The molecular formula is C26H24N8O7. The molecule has 0 saturated heterocycles. The topological polar surface area (TPSA) is 208 Å². The van der Waals surface area contributed by atoms with Gasteiger partial charge < -0.3 is 30.2 Å². The Bertz CT molecular complexity index is 1580. The third kappa shape index (κ3) is 6.63. The van der Waals surface area contributed by atoms with E-state index in [0.29, 0.717) is 12.3 Å². The molecule has 1 aliphatic heterocycles. The zero-order valence-electron chi connectivity index (χ0n) is 22.0. The van der Waals surface area contributed by atoms with Gasteiger partial charge in [0, 0.05) is 19.2 Å². The van der Waals surface area contributed by atoms with Gasteiger partial charge in [-0.1, -0.05) is 12.1 Å². The summed E-state index contributed by atoms with van der Waals surface area (Å²) in [7, 11) is 1.91. The molecule has 2 aromatic carbocycles. The quantitative estimate of drug-likeness (QED) is 0.197. The lowest BCUT2D eigenvalue weighted by Crippen LogP contribution is -2.23.